The lowest BCUT2D eigenvalue weighted by atomic mass is 9.77. The zero-order chi connectivity index (χ0) is 14.3. The highest BCUT2D eigenvalue weighted by atomic mass is 35.5. The molecule has 1 aromatic heterocycles. The fourth-order valence-electron chi connectivity index (χ4n) is 3.95. The third-order valence-electron chi connectivity index (χ3n) is 5.40. The minimum absolute atomic E-state index is 0. The summed E-state index contributed by atoms with van der Waals surface area (Å²) < 4.78 is 1.96. The van der Waals surface area contributed by atoms with E-state index in [1.54, 1.807) is 6.20 Å². The molecule has 0 aromatic carbocycles. The van der Waals surface area contributed by atoms with Gasteiger partial charge in [0.15, 0.2) is 0 Å². The summed E-state index contributed by atoms with van der Waals surface area (Å²) in [5.41, 5.74) is 0.359. The average molecular weight is 362 g/mol. The molecule has 3 aliphatic heterocycles. The van der Waals surface area contributed by atoms with Crippen LogP contribution in [0.3, 0.4) is 0 Å². The Hall–Kier alpha value is -0.820. The Labute approximate surface area is 149 Å². The fraction of sp³-hybridized carbons (Fsp3) is 0.733. The van der Waals surface area contributed by atoms with Crippen LogP contribution < -0.4 is 10.6 Å². The zero-order valence-corrected chi connectivity index (χ0v) is 14.7. The Kier molecular flexibility index (Phi) is 5.94. The lowest BCUT2D eigenvalue weighted by Crippen LogP contribution is -2.55. The summed E-state index contributed by atoms with van der Waals surface area (Å²) in [7, 11) is 0. The van der Waals surface area contributed by atoms with E-state index >= 15 is 0 Å². The molecule has 130 valence electrons. The molecule has 1 spiro atoms. The highest BCUT2D eigenvalue weighted by Gasteiger charge is 2.45. The first-order chi connectivity index (χ1) is 10.3. The van der Waals surface area contributed by atoms with Crippen LogP contribution in [0.4, 0.5) is 0 Å². The minimum Gasteiger partial charge on any atom is -0.337 e. The summed E-state index contributed by atoms with van der Waals surface area (Å²) in [4.78, 5) is 14.6. The van der Waals surface area contributed by atoms with Crippen molar-refractivity contribution in [3.05, 3.63) is 18.5 Å². The monoisotopic (exact) mass is 361 g/mol. The Balaban J connectivity index is 0.000000960. The van der Waals surface area contributed by atoms with E-state index in [1.165, 1.54) is 12.8 Å². The number of halogens is 2. The van der Waals surface area contributed by atoms with Crippen molar-refractivity contribution in [2.24, 2.45) is 5.41 Å². The SMILES string of the molecule is Cl.Cl.O=C(C1CC2(CCNCC2)CN1)N1CC(n2cccn2)C1. The van der Waals surface area contributed by atoms with Crippen molar-refractivity contribution < 1.29 is 4.79 Å². The van der Waals surface area contributed by atoms with Gasteiger partial charge in [0.2, 0.25) is 5.91 Å². The van der Waals surface area contributed by atoms with Crippen molar-refractivity contribution in [3.8, 4) is 0 Å². The summed E-state index contributed by atoms with van der Waals surface area (Å²) in [5.74, 6) is 0.286. The molecular formula is C15H25Cl2N5O. The zero-order valence-electron chi connectivity index (χ0n) is 13.1. The summed E-state index contributed by atoms with van der Waals surface area (Å²) in [6.07, 6.45) is 7.17. The van der Waals surface area contributed by atoms with E-state index < -0.39 is 0 Å². The molecule has 0 aliphatic carbocycles. The number of aromatic nitrogens is 2. The van der Waals surface area contributed by atoms with Crippen LogP contribution in [0.2, 0.25) is 0 Å². The molecule has 4 rings (SSSR count). The molecule has 1 atom stereocenters. The molecule has 3 saturated heterocycles. The molecule has 3 aliphatic rings. The molecule has 23 heavy (non-hydrogen) atoms. The standard InChI is InChI=1S/C15H23N5O.2ClH/c21-14(19-9-12(10-19)20-7-1-4-18-20)13-8-15(11-17-13)2-5-16-6-3-15;;/h1,4,7,12-13,16-17H,2-3,5-6,8-11H2;2*1H. The third kappa shape index (κ3) is 3.50. The van der Waals surface area contributed by atoms with Gasteiger partial charge in [-0.15, -0.1) is 24.8 Å². The van der Waals surface area contributed by atoms with Gasteiger partial charge in [-0.1, -0.05) is 0 Å². The van der Waals surface area contributed by atoms with Gasteiger partial charge < -0.3 is 15.5 Å². The van der Waals surface area contributed by atoms with E-state index in [1.807, 2.05) is 21.8 Å². The van der Waals surface area contributed by atoms with Crippen LogP contribution in [-0.4, -0.2) is 59.4 Å². The van der Waals surface area contributed by atoms with Crippen molar-refractivity contribution in [2.45, 2.75) is 31.3 Å². The number of piperidine rings is 1. The lowest BCUT2D eigenvalue weighted by molar-refractivity contribution is -0.139. The van der Waals surface area contributed by atoms with E-state index in [0.29, 0.717) is 11.5 Å². The summed E-state index contributed by atoms with van der Waals surface area (Å²) >= 11 is 0. The molecule has 8 heteroatoms. The van der Waals surface area contributed by atoms with Crippen LogP contribution in [-0.2, 0) is 4.79 Å². The van der Waals surface area contributed by atoms with Crippen molar-refractivity contribution >= 4 is 30.7 Å². The first kappa shape index (κ1) is 18.5. The number of carbonyl (C=O) groups is 1. The minimum atomic E-state index is 0. The van der Waals surface area contributed by atoms with Crippen LogP contribution in [0.5, 0.6) is 0 Å². The summed E-state index contributed by atoms with van der Waals surface area (Å²) in [5, 5.41) is 11.1. The largest absolute Gasteiger partial charge is 0.337 e. The second-order valence-corrected chi connectivity index (χ2v) is 6.77. The molecule has 4 heterocycles. The Bertz CT molecular complexity index is 512. The maximum absolute atomic E-state index is 12.6. The molecule has 1 aromatic rings. The molecule has 0 bridgehead atoms. The number of likely N-dealkylation sites (tertiary alicyclic amines) is 1. The maximum atomic E-state index is 12.6. The fourth-order valence-corrected chi connectivity index (χ4v) is 3.95. The molecule has 1 amide bonds. The molecular weight excluding hydrogens is 337 g/mol. The van der Waals surface area contributed by atoms with Crippen LogP contribution in [0, 0.1) is 5.41 Å². The topological polar surface area (TPSA) is 62.2 Å². The molecule has 1 unspecified atom stereocenters. The van der Waals surface area contributed by atoms with Gasteiger partial charge in [0, 0.05) is 32.0 Å². The smallest absolute Gasteiger partial charge is 0.239 e. The van der Waals surface area contributed by atoms with Gasteiger partial charge in [0.1, 0.15) is 0 Å². The summed E-state index contributed by atoms with van der Waals surface area (Å²) in [6, 6.07) is 2.32. The normalized spacial score (nSPS) is 26.3. The first-order valence-corrected chi connectivity index (χ1v) is 7.98. The molecule has 0 saturated carbocycles. The van der Waals surface area contributed by atoms with E-state index in [0.717, 1.165) is 39.1 Å². The van der Waals surface area contributed by atoms with Gasteiger partial charge >= 0.3 is 0 Å². The number of amides is 1. The van der Waals surface area contributed by atoms with Crippen LogP contribution in [0.1, 0.15) is 25.3 Å². The second-order valence-electron chi connectivity index (χ2n) is 6.77. The number of nitrogens with one attached hydrogen (secondary N) is 2. The summed E-state index contributed by atoms with van der Waals surface area (Å²) in [6.45, 7) is 4.78. The number of hydrogen-bond donors (Lipinski definition) is 2. The number of hydrogen-bond acceptors (Lipinski definition) is 4. The first-order valence-electron chi connectivity index (χ1n) is 7.98. The number of carbonyl (C=O) groups excluding carboxylic acids is 1. The maximum Gasteiger partial charge on any atom is 0.239 e. The predicted octanol–water partition coefficient (Wildman–Crippen LogP) is 0.842. The molecule has 3 fully saturated rings. The van der Waals surface area contributed by atoms with Gasteiger partial charge in [0.25, 0.3) is 0 Å². The highest BCUT2D eigenvalue weighted by Crippen LogP contribution is 2.38. The predicted molar refractivity (Wildman–Crippen MR) is 93.3 cm³/mol. The van der Waals surface area contributed by atoms with Gasteiger partial charge in [-0.05, 0) is 43.8 Å². The third-order valence-corrected chi connectivity index (χ3v) is 5.40. The van der Waals surface area contributed by atoms with Crippen LogP contribution in [0.25, 0.3) is 0 Å². The Morgan fingerprint density at radius 2 is 1.96 bits per heavy atom. The Morgan fingerprint density at radius 1 is 1.22 bits per heavy atom. The van der Waals surface area contributed by atoms with E-state index in [2.05, 4.69) is 15.7 Å². The average Bonchev–Trinajstić information content (AvgIpc) is 3.09. The van der Waals surface area contributed by atoms with Crippen molar-refractivity contribution in [1.82, 2.24) is 25.3 Å². The van der Waals surface area contributed by atoms with Crippen molar-refractivity contribution in [3.63, 3.8) is 0 Å². The van der Waals surface area contributed by atoms with Gasteiger partial charge in [-0.25, -0.2) is 0 Å². The Morgan fingerprint density at radius 3 is 2.61 bits per heavy atom. The molecule has 0 radical (unpaired) electrons. The number of rotatable bonds is 2. The van der Waals surface area contributed by atoms with E-state index in [4.69, 9.17) is 0 Å². The van der Waals surface area contributed by atoms with Crippen molar-refractivity contribution in [1.29, 1.82) is 0 Å². The molecule has 2 N–H and O–H groups in total. The highest BCUT2D eigenvalue weighted by molar-refractivity contribution is 5.85. The lowest BCUT2D eigenvalue weighted by Gasteiger charge is -2.40. The quantitative estimate of drug-likeness (QED) is 0.819. The van der Waals surface area contributed by atoms with Crippen LogP contribution >= 0.6 is 24.8 Å². The molecule has 6 nitrogen and oxygen atoms in total. The van der Waals surface area contributed by atoms with Crippen molar-refractivity contribution in [2.75, 3.05) is 32.7 Å². The second kappa shape index (κ2) is 7.38. The van der Waals surface area contributed by atoms with E-state index in [-0.39, 0.29) is 36.8 Å². The van der Waals surface area contributed by atoms with E-state index in [9.17, 15) is 4.79 Å². The van der Waals surface area contributed by atoms with Crippen LogP contribution in [0.15, 0.2) is 18.5 Å². The van der Waals surface area contributed by atoms with Gasteiger partial charge in [0.05, 0.1) is 12.1 Å². The van der Waals surface area contributed by atoms with Gasteiger partial charge in [-0.2, -0.15) is 5.10 Å². The van der Waals surface area contributed by atoms with Gasteiger partial charge in [-0.3, -0.25) is 9.48 Å². The number of nitrogens with zero attached hydrogens (tertiary/aromatic N) is 3.